The molecule has 1 aromatic heterocycles. The van der Waals surface area contributed by atoms with Crippen LogP contribution in [-0.4, -0.2) is 45.4 Å². The smallest absolute Gasteiger partial charge is 0.271 e. The van der Waals surface area contributed by atoms with Crippen molar-refractivity contribution in [2.24, 2.45) is 15.9 Å². The molecular formula is C24H25N5O2. The third-order valence-corrected chi connectivity index (χ3v) is 6.27. The molecule has 2 aliphatic heterocycles. The number of hydrogen-bond donors (Lipinski definition) is 0. The van der Waals surface area contributed by atoms with E-state index < -0.39 is 6.04 Å². The number of amides is 2. The third kappa shape index (κ3) is 4.13. The van der Waals surface area contributed by atoms with Gasteiger partial charge in [-0.2, -0.15) is 0 Å². The van der Waals surface area contributed by atoms with Crippen LogP contribution < -0.4 is 10.7 Å². The van der Waals surface area contributed by atoms with Gasteiger partial charge in [0.1, 0.15) is 6.04 Å². The average molecular weight is 415 g/mol. The quantitative estimate of drug-likeness (QED) is 0.638. The summed E-state index contributed by atoms with van der Waals surface area (Å²) in [6.07, 6.45) is 4.61. The average Bonchev–Trinajstić information content (AvgIpc) is 3.21. The van der Waals surface area contributed by atoms with Crippen molar-refractivity contribution in [3.8, 4) is 0 Å². The molecule has 0 N–H and O–H groups in total. The van der Waals surface area contributed by atoms with Gasteiger partial charge in [-0.1, -0.05) is 24.3 Å². The molecule has 31 heavy (non-hydrogen) atoms. The molecule has 2 amide bonds. The summed E-state index contributed by atoms with van der Waals surface area (Å²) in [5.41, 5.74) is 2.18. The van der Waals surface area contributed by atoms with E-state index in [1.54, 1.807) is 6.07 Å². The fourth-order valence-corrected chi connectivity index (χ4v) is 4.49. The topological polar surface area (TPSA) is 79.9 Å². The molecule has 3 aromatic rings. The number of nitrogens with zero attached hydrogens (tertiary/aromatic N) is 5. The van der Waals surface area contributed by atoms with E-state index in [-0.39, 0.29) is 11.8 Å². The van der Waals surface area contributed by atoms with Crippen molar-refractivity contribution in [3.63, 3.8) is 0 Å². The van der Waals surface area contributed by atoms with Crippen LogP contribution in [0.25, 0.3) is 11.0 Å². The molecule has 7 nitrogen and oxygen atoms in total. The second-order valence-electron chi connectivity index (χ2n) is 8.33. The molecule has 0 bridgehead atoms. The number of benzene rings is 2. The molecule has 0 spiro atoms. The van der Waals surface area contributed by atoms with Gasteiger partial charge in [-0.25, -0.2) is 9.98 Å². The van der Waals surface area contributed by atoms with Crippen LogP contribution in [0, 0.1) is 5.92 Å². The van der Waals surface area contributed by atoms with E-state index in [4.69, 9.17) is 0 Å². The Hall–Kier alpha value is -3.35. The van der Waals surface area contributed by atoms with E-state index in [9.17, 15) is 9.59 Å². The highest BCUT2D eigenvalue weighted by Gasteiger charge is 2.26. The minimum Gasteiger partial charge on any atom is -0.343 e. The first-order valence-corrected chi connectivity index (χ1v) is 10.9. The summed E-state index contributed by atoms with van der Waals surface area (Å²) in [4.78, 5) is 40.0. The highest BCUT2D eigenvalue weighted by atomic mass is 16.2. The van der Waals surface area contributed by atoms with E-state index >= 15 is 0 Å². The molecule has 1 atom stereocenters. The van der Waals surface area contributed by atoms with Gasteiger partial charge in [0.2, 0.25) is 5.91 Å². The van der Waals surface area contributed by atoms with Crippen LogP contribution in [-0.2, 0) is 16.1 Å². The fraction of sp³-hybridized carbons (Fsp3) is 0.375. The molecule has 158 valence electrons. The maximum absolute atomic E-state index is 12.7. The molecule has 5 rings (SSSR count). The molecule has 0 radical (unpaired) electrons. The number of hydrogen-bond acceptors (Lipinski definition) is 4. The van der Waals surface area contributed by atoms with E-state index in [0.29, 0.717) is 24.1 Å². The number of fused-ring (bicyclic) bond motifs is 2. The lowest BCUT2D eigenvalue weighted by atomic mass is 9.96. The number of carbonyl (C=O) groups is 2. The van der Waals surface area contributed by atoms with Gasteiger partial charge in [0.05, 0.1) is 28.1 Å². The van der Waals surface area contributed by atoms with Crippen molar-refractivity contribution in [2.75, 3.05) is 13.1 Å². The van der Waals surface area contributed by atoms with Crippen molar-refractivity contribution in [2.45, 2.75) is 38.3 Å². The number of imidazole rings is 1. The van der Waals surface area contributed by atoms with Crippen molar-refractivity contribution >= 4 is 22.8 Å². The first-order valence-electron chi connectivity index (χ1n) is 10.9. The summed E-state index contributed by atoms with van der Waals surface area (Å²) >= 11 is 0. The zero-order chi connectivity index (χ0) is 21.2. The van der Waals surface area contributed by atoms with Crippen LogP contribution in [0.2, 0.25) is 0 Å². The van der Waals surface area contributed by atoms with Gasteiger partial charge >= 0.3 is 0 Å². The normalized spacial score (nSPS) is 19.0. The maximum atomic E-state index is 12.7. The van der Waals surface area contributed by atoms with Crippen LogP contribution >= 0.6 is 0 Å². The number of rotatable bonds is 5. The van der Waals surface area contributed by atoms with Gasteiger partial charge in [0.25, 0.3) is 5.91 Å². The van der Waals surface area contributed by atoms with Gasteiger partial charge < -0.3 is 9.47 Å². The van der Waals surface area contributed by atoms with Crippen molar-refractivity contribution in [1.82, 2.24) is 14.5 Å². The maximum Gasteiger partial charge on any atom is 0.271 e. The second kappa shape index (κ2) is 8.41. The second-order valence-corrected chi connectivity index (χ2v) is 8.33. The standard InChI is InChI=1S/C24H25N5O2/c30-23(10-9-21-24(31)27-19-6-2-1-5-18(19)26-21)28-13-11-17(12-14-28)15-29-16-25-20-7-3-4-8-22(20)29/h1-8,16-17,21H,9-15H2. The predicted octanol–water partition coefficient (Wildman–Crippen LogP) is 1.90. The Morgan fingerprint density at radius 2 is 1.74 bits per heavy atom. The number of para-hydroxylation sites is 4. The summed E-state index contributed by atoms with van der Waals surface area (Å²) in [5, 5.41) is 1.34. The molecule has 1 saturated heterocycles. The van der Waals surface area contributed by atoms with E-state index in [2.05, 4.69) is 25.6 Å². The Bertz CT molecular complexity index is 1240. The number of aromatic nitrogens is 2. The minimum atomic E-state index is -0.550. The fourth-order valence-electron chi connectivity index (χ4n) is 4.49. The highest BCUT2D eigenvalue weighted by Crippen LogP contribution is 2.22. The first-order chi connectivity index (χ1) is 15.2. The molecule has 2 aliphatic rings. The zero-order valence-corrected chi connectivity index (χ0v) is 17.4. The van der Waals surface area contributed by atoms with Crippen LogP contribution in [0.15, 0.2) is 64.8 Å². The van der Waals surface area contributed by atoms with E-state index in [1.807, 2.05) is 47.6 Å². The van der Waals surface area contributed by atoms with Gasteiger partial charge in [-0.05, 0) is 49.4 Å². The minimum absolute atomic E-state index is 0.105. The number of carbonyl (C=O) groups excluding carboxylic acids is 2. The van der Waals surface area contributed by atoms with Crippen LogP contribution in [0.4, 0.5) is 0 Å². The number of likely N-dealkylation sites (tertiary alicyclic amines) is 1. The summed E-state index contributed by atoms with van der Waals surface area (Å²) in [6, 6.07) is 15.0. The first kappa shape index (κ1) is 19.6. The van der Waals surface area contributed by atoms with Crippen LogP contribution in [0.1, 0.15) is 25.7 Å². The molecule has 7 heteroatoms. The molecule has 1 unspecified atom stereocenters. The molecular weight excluding hydrogens is 390 g/mol. The lowest BCUT2D eigenvalue weighted by Gasteiger charge is -2.32. The predicted molar refractivity (Wildman–Crippen MR) is 116 cm³/mol. The van der Waals surface area contributed by atoms with Gasteiger partial charge in [0.15, 0.2) is 0 Å². The van der Waals surface area contributed by atoms with Crippen LogP contribution in [0.5, 0.6) is 0 Å². The Labute approximate surface area is 180 Å². The SMILES string of the molecule is O=C1N=c2ccccc2=NC1CCC(=O)N1CCC(Cn2cnc3ccccc32)CC1. The molecule has 0 aliphatic carbocycles. The Morgan fingerprint density at radius 3 is 2.58 bits per heavy atom. The van der Waals surface area contributed by atoms with Crippen LogP contribution in [0.3, 0.4) is 0 Å². The molecule has 0 saturated carbocycles. The Kier molecular flexibility index (Phi) is 5.32. The molecule has 1 fully saturated rings. The van der Waals surface area contributed by atoms with Crippen molar-refractivity contribution in [3.05, 3.63) is 65.6 Å². The zero-order valence-electron chi connectivity index (χ0n) is 17.4. The van der Waals surface area contributed by atoms with Gasteiger partial charge in [-0.15, -0.1) is 0 Å². The lowest BCUT2D eigenvalue weighted by molar-refractivity contribution is -0.133. The van der Waals surface area contributed by atoms with Gasteiger partial charge in [0, 0.05) is 26.1 Å². The molecule has 3 heterocycles. The number of piperidine rings is 1. The van der Waals surface area contributed by atoms with Gasteiger partial charge in [-0.3, -0.25) is 14.6 Å². The Morgan fingerprint density at radius 1 is 1.00 bits per heavy atom. The summed E-state index contributed by atoms with van der Waals surface area (Å²) < 4.78 is 2.22. The highest BCUT2D eigenvalue weighted by molar-refractivity contribution is 5.84. The largest absolute Gasteiger partial charge is 0.343 e. The van der Waals surface area contributed by atoms with E-state index in [0.717, 1.165) is 48.9 Å². The monoisotopic (exact) mass is 415 g/mol. The van der Waals surface area contributed by atoms with E-state index in [1.165, 1.54) is 0 Å². The summed E-state index contributed by atoms with van der Waals surface area (Å²) in [7, 11) is 0. The Balaban J connectivity index is 1.14. The molecule has 2 aromatic carbocycles. The lowest BCUT2D eigenvalue weighted by Crippen LogP contribution is -2.40. The third-order valence-electron chi connectivity index (χ3n) is 6.27. The van der Waals surface area contributed by atoms with Crippen molar-refractivity contribution < 1.29 is 9.59 Å². The summed E-state index contributed by atoms with van der Waals surface area (Å²) in [6.45, 7) is 2.46. The van der Waals surface area contributed by atoms with Crippen molar-refractivity contribution in [1.29, 1.82) is 0 Å². The summed E-state index contributed by atoms with van der Waals surface area (Å²) in [5.74, 6) is 0.387.